The summed E-state index contributed by atoms with van der Waals surface area (Å²) >= 11 is 1.49. The van der Waals surface area contributed by atoms with E-state index >= 15 is 0 Å². The van der Waals surface area contributed by atoms with Crippen LogP contribution in [-0.2, 0) is 5.75 Å². The number of hydrogen-bond donors (Lipinski definition) is 0. The van der Waals surface area contributed by atoms with E-state index in [1.54, 1.807) is 0 Å². The summed E-state index contributed by atoms with van der Waals surface area (Å²) in [5.74, 6) is -0.317. The van der Waals surface area contributed by atoms with Crippen LogP contribution in [-0.4, -0.2) is 0 Å². The Morgan fingerprint density at radius 2 is 1.69 bits per heavy atom. The van der Waals surface area contributed by atoms with Crippen molar-refractivity contribution < 1.29 is 8.78 Å². The molecule has 2 aromatic carbocycles. The van der Waals surface area contributed by atoms with Gasteiger partial charge in [-0.2, -0.15) is 0 Å². The van der Waals surface area contributed by atoms with Gasteiger partial charge in [0.1, 0.15) is 11.6 Å². The summed E-state index contributed by atoms with van der Waals surface area (Å²) in [5.41, 5.74) is 0.397. The lowest BCUT2D eigenvalue weighted by Crippen LogP contribution is -1.89. The first kappa shape index (κ1) is 11.1. The number of hydrogen-bond acceptors (Lipinski definition) is 1. The third-order valence-electron chi connectivity index (χ3n) is 2.15. The molecule has 0 amide bonds. The predicted molar refractivity (Wildman–Crippen MR) is 62.4 cm³/mol. The van der Waals surface area contributed by atoms with Crippen molar-refractivity contribution in [2.75, 3.05) is 0 Å². The number of thioether (sulfide) groups is 1. The van der Waals surface area contributed by atoms with E-state index < -0.39 is 5.82 Å². The van der Waals surface area contributed by atoms with Crippen LogP contribution in [0.2, 0.25) is 0 Å². The Morgan fingerprint density at radius 3 is 2.44 bits per heavy atom. The first-order chi connectivity index (χ1) is 7.75. The third-order valence-corrected chi connectivity index (χ3v) is 3.21. The third kappa shape index (κ3) is 2.83. The van der Waals surface area contributed by atoms with Gasteiger partial charge >= 0.3 is 0 Å². The van der Waals surface area contributed by atoms with Gasteiger partial charge in [0.25, 0.3) is 0 Å². The topological polar surface area (TPSA) is 0 Å². The molecule has 0 fully saturated rings. The molecule has 0 unspecified atom stereocenters. The Bertz CT molecular complexity index is 469. The molecule has 0 saturated heterocycles. The standard InChI is InChI=1S/C13H10F2S/c14-11-6-7-13(15)10(8-11)9-16-12-4-2-1-3-5-12/h1-8H,9H2. The summed E-state index contributed by atoms with van der Waals surface area (Å²) in [4.78, 5) is 1.05. The second-order valence-corrected chi connectivity index (χ2v) is 4.39. The highest BCUT2D eigenvalue weighted by Crippen LogP contribution is 2.23. The van der Waals surface area contributed by atoms with Gasteiger partial charge < -0.3 is 0 Å². The largest absolute Gasteiger partial charge is 0.207 e. The fourth-order valence-corrected chi connectivity index (χ4v) is 2.22. The SMILES string of the molecule is Fc1ccc(F)c(CSc2ccccc2)c1. The van der Waals surface area contributed by atoms with Crippen LogP contribution in [0, 0.1) is 11.6 Å². The van der Waals surface area contributed by atoms with Gasteiger partial charge in [0.05, 0.1) is 0 Å². The van der Waals surface area contributed by atoms with Crippen molar-refractivity contribution in [2.24, 2.45) is 0 Å². The Labute approximate surface area is 97.3 Å². The molecule has 2 aromatic rings. The van der Waals surface area contributed by atoms with Gasteiger partial charge in [-0.15, -0.1) is 11.8 Å². The molecule has 0 aliphatic carbocycles. The van der Waals surface area contributed by atoms with Gasteiger partial charge in [0.2, 0.25) is 0 Å². The highest BCUT2D eigenvalue weighted by Gasteiger charge is 2.04. The van der Waals surface area contributed by atoms with E-state index in [2.05, 4.69) is 0 Å². The van der Waals surface area contributed by atoms with E-state index in [0.717, 1.165) is 17.0 Å². The smallest absolute Gasteiger partial charge is 0.127 e. The van der Waals surface area contributed by atoms with Crippen LogP contribution in [0.1, 0.15) is 5.56 Å². The highest BCUT2D eigenvalue weighted by molar-refractivity contribution is 7.98. The van der Waals surface area contributed by atoms with Crippen LogP contribution in [0.5, 0.6) is 0 Å². The minimum absolute atomic E-state index is 0.357. The fraction of sp³-hybridized carbons (Fsp3) is 0.0769. The van der Waals surface area contributed by atoms with E-state index in [-0.39, 0.29) is 5.82 Å². The molecule has 0 aliphatic heterocycles. The van der Waals surface area contributed by atoms with Crippen molar-refractivity contribution in [2.45, 2.75) is 10.6 Å². The molecule has 0 aromatic heterocycles. The van der Waals surface area contributed by atoms with Crippen LogP contribution in [0.4, 0.5) is 8.78 Å². The molecule has 16 heavy (non-hydrogen) atoms. The van der Waals surface area contributed by atoms with Gasteiger partial charge in [-0.25, -0.2) is 8.78 Å². The second kappa shape index (κ2) is 5.12. The summed E-state index contributed by atoms with van der Waals surface area (Å²) < 4.78 is 26.2. The maximum absolute atomic E-state index is 13.3. The monoisotopic (exact) mass is 236 g/mol. The van der Waals surface area contributed by atoms with E-state index in [4.69, 9.17) is 0 Å². The van der Waals surface area contributed by atoms with E-state index in [1.165, 1.54) is 17.8 Å². The molecular weight excluding hydrogens is 226 g/mol. The number of benzene rings is 2. The minimum Gasteiger partial charge on any atom is -0.207 e. The lowest BCUT2D eigenvalue weighted by atomic mass is 10.2. The van der Waals surface area contributed by atoms with Gasteiger partial charge in [0.15, 0.2) is 0 Å². The second-order valence-electron chi connectivity index (χ2n) is 3.34. The maximum Gasteiger partial charge on any atom is 0.127 e. The van der Waals surface area contributed by atoms with Crippen LogP contribution < -0.4 is 0 Å². The molecule has 0 bridgehead atoms. The van der Waals surface area contributed by atoms with Crippen LogP contribution in [0.15, 0.2) is 53.4 Å². The minimum atomic E-state index is -0.398. The molecular formula is C13H10F2S. The normalized spacial score (nSPS) is 10.4. The first-order valence-corrected chi connectivity index (χ1v) is 5.86. The summed E-state index contributed by atoms with van der Waals surface area (Å²) in [6.45, 7) is 0. The molecule has 3 heteroatoms. The van der Waals surface area contributed by atoms with Crippen molar-refractivity contribution in [1.82, 2.24) is 0 Å². The first-order valence-electron chi connectivity index (χ1n) is 4.87. The number of rotatable bonds is 3. The van der Waals surface area contributed by atoms with Crippen LogP contribution in [0.25, 0.3) is 0 Å². The van der Waals surface area contributed by atoms with Crippen molar-refractivity contribution >= 4 is 11.8 Å². The zero-order valence-corrected chi connectivity index (χ0v) is 9.31. The fourth-order valence-electron chi connectivity index (χ4n) is 1.33. The molecule has 0 saturated carbocycles. The summed E-state index contributed by atoms with van der Waals surface area (Å²) in [6.07, 6.45) is 0. The van der Waals surface area contributed by atoms with Crippen LogP contribution >= 0.6 is 11.8 Å². The summed E-state index contributed by atoms with van der Waals surface area (Å²) in [7, 11) is 0. The van der Waals surface area contributed by atoms with Gasteiger partial charge in [-0.05, 0) is 30.3 Å². The predicted octanol–water partition coefficient (Wildman–Crippen LogP) is 4.26. The van der Waals surface area contributed by atoms with Crippen molar-refractivity contribution in [3.63, 3.8) is 0 Å². The average Bonchev–Trinajstić information content (AvgIpc) is 2.32. The zero-order valence-electron chi connectivity index (χ0n) is 8.49. The summed E-state index contributed by atoms with van der Waals surface area (Å²) in [5, 5.41) is 0. The molecule has 2 rings (SSSR count). The van der Waals surface area contributed by atoms with Gasteiger partial charge in [0, 0.05) is 16.2 Å². The molecule has 0 atom stereocenters. The molecule has 0 N–H and O–H groups in total. The Hall–Kier alpha value is -1.35. The van der Waals surface area contributed by atoms with Crippen molar-refractivity contribution in [1.29, 1.82) is 0 Å². The highest BCUT2D eigenvalue weighted by atomic mass is 32.2. The molecule has 0 spiro atoms. The molecule has 0 heterocycles. The van der Waals surface area contributed by atoms with Crippen molar-refractivity contribution in [3.05, 3.63) is 65.7 Å². The lowest BCUT2D eigenvalue weighted by molar-refractivity contribution is 0.591. The van der Waals surface area contributed by atoms with Gasteiger partial charge in [-0.1, -0.05) is 18.2 Å². The Balaban J connectivity index is 2.08. The lowest BCUT2D eigenvalue weighted by Gasteiger charge is -2.03. The zero-order chi connectivity index (χ0) is 11.4. The Kier molecular flexibility index (Phi) is 3.57. The number of halogens is 2. The Morgan fingerprint density at radius 1 is 0.938 bits per heavy atom. The molecule has 82 valence electrons. The van der Waals surface area contributed by atoms with E-state index in [9.17, 15) is 8.78 Å². The van der Waals surface area contributed by atoms with E-state index in [1.807, 2.05) is 30.3 Å². The molecule has 0 nitrogen and oxygen atoms in total. The molecule has 0 radical (unpaired) electrons. The quantitative estimate of drug-likeness (QED) is 0.718. The van der Waals surface area contributed by atoms with Crippen LogP contribution in [0.3, 0.4) is 0 Å². The summed E-state index contributed by atoms with van der Waals surface area (Å²) in [6, 6.07) is 13.2. The average molecular weight is 236 g/mol. The van der Waals surface area contributed by atoms with Crippen molar-refractivity contribution in [3.8, 4) is 0 Å². The molecule has 0 aliphatic rings. The van der Waals surface area contributed by atoms with Gasteiger partial charge in [-0.3, -0.25) is 0 Å². The van der Waals surface area contributed by atoms with E-state index in [0.29, 0.717) is 11.3 Å². The maximum atomic E-state index is 13.3.